The summed E-state index contributed by atoms with van der Waals surface area (Å²) in [6.45, 7) is 0.814. The number of alkyl halides is 3. The first kappa shape index (κ1) is 43.3. The zero-order valence-electron chi connectivity index (χ0n) is 35.4. The van der Waals surface area contributed by atoms with Crippen LogP contribution in [0.25, 0.3) is 21.8 Å². The van der Waals surface area contributed by atoms with Crippen molar-refractivity contribution in [3.8, 4) is 5.75 Å². The molecule has 1 saturated carbocycles. The third-order valence-electron chi connectivity index (χ3n) is 13.8. The van der Waals surface area contributed by atoms with Crippen LogP contribution < -0.4 is 31.1 Å². The van der Waals surface area contributed by atoms with Crippen molar-refractivity contribution in [3.63, 3.8) is 0 Å². The molecule has 0 bridgehead atoms. The van der Waals surface area contributed by atoms with Gasteiger partial charge in [0.2, 0.25) is 23.5 Å². The molecular formula is C44H45ClF6N10O4. The van der Waals surface area contributed by atoms with Gasteiger partial charge in [-0.1, -0.05) is 11.6 Å². The Morgan fingerprint density at radius 2 is 1.74 bits per heavy atom. The molecule has 3 aromatic heterocycles. The second-order valence-electron chi connectivity index (χ2n) is 18.0. The Hall–Kier alpha value is -5.63. The first-order valence-corrected chi connectivity index (χ1v) is 22.2. The molecule has 14 nitrogen and oxygen atoms in total. The molecule has 0 spiro atoms. The Balaban J connectivity index is 0.801. The summed E-state index contributed by atoms with van der Waals surface area (Å²) in [5.41, 5.74) is -0.313. The van der Waals surface area contributed by atoms with Crippen molar-refractivity contribution in [3.05, 3.63) is 68.5 Å². The Bertz CT molecular complexity index is 2830. The van der Waals surface area contributed by atoms with Crippen molar-refractivity contribution in [2.45, 2.75) is 74.9 Å². The van der Waals surface area contributed by atoms with E-state index in [4.69, 9.17) is 16.3 Å². The predicted octanol–water partition coefficient (Wildman–Crippen LogP) is 6.81. The smallest absolute Gasteiger partial charge is 0.301 e. The molecule has 0 radical (unpaired) electrons. The number of ether oxygens (including phenoxy) is 1. The highest BCUT2D eigenvalue weighted by Gasteiger charge is 2.51. The molecular weight excluding hydrogens is 882 g/mol. The maximum absolute atomic E-state index is 16.2. The van der Waals surface area contributed by atoms with E-state index < -0.39 is 71.4 Å². The van der Waals surface area contributed by atoms with E-state index in [9.17, 15) is 14.4 Å². The molecule has 3 saturated heterocycles. The molecule has 10 rings (SSSR count). The third-order valence-corrected chi connectivity index (χ3v) is 14.1. The van der Waals surface area contributed by atoms with Gasteiger partial charge in [-0.25, -0.2) is 31.3 Å². The minimum atomic E-state index is -3.26. The fourth-order valence-corrected chi connectivity index (χ4v) is 10.2. The summed E-state index contributed by atoms with van der Waals surface area (Å²) >= 11 is 6.49. The summed E-state index contributed by atoms with van der Waals surface area (Å²) in [6, 6.07) is 2.45. The van der Waals surface area contributed by atoms with E-state index in [0.717, 1.165) is 10.6 Å². The minimum absolute atomic E-state index is 0.0167. The molecule has 4 aliphatic heterocycles. The van der Waals surface area contributed by atoms with Gasteiger partial charge in [-0.15, -0.1) is 0 Å². The van der Waals surface area contributed by atoms with E-state index in [1.807, 2.05) is 0 Å². The SMILES string of the molecule is Cn1nc(C2CCC(=O)NC2=O)c2cc(F)c(C3CCN(CC4CCN(c5ncc(Cl)c(Nc6cc7c8c(c(=O)n(C)c7cc6F)OCC(F)(F)C(C6CC6)N8)n5)CC4F)CC3)c(F)c21. The van der Waals surface area contributed by atoms with Crippen molar-refractivity contribution >= 4 is 68.4 Å². The standard InChI is InChI=1S/C44H45ClF6N10O4/c1-58-31-15-27(46)30(14-24(31)36-38(42(58)64)65-19-44(50,51)39(55-36)21-3-4-21)53-40-26(45)16-52-43(56-40)61-12-9-22(29(48)18-61)17-60-10-7-20(8-11-60)33-28(47)13-25-35(57-59(2)37(25)34(33)49)23-5-6-32(62)54-41(23)63/h13-16,20-23,29,39,55H,3-12,17-19H2,1-2H3,(H,52,53,56)(H,54,62,63). The van der Waals surface area contributed by atoms with Crippen LogP contribution in [0.4, 0.5) is 49.5 Å². The highest BCUT2D eigenvalue weighted by molar-refractivity contribution is 6.33. The molecule has 5 aliphatic rings. The topological polar surface area (TPSA) is 152 Å². The number of pyridine rings is 1. The number of imide groups is 1. The number of likely N-dealkylation sites (tertiary alicyclic amines) is 1. The minimum Gasteiger partial charge on any atom is -0.480 e. The van der Waals surface area contributed by atoms with E-state index in [0.29, 0.717) is 58.3 Å². The predicted molar refractivity (Wildman–Crippen MR) is 229 cm³/mol. The number of nitrogens with one attached hydrogen (secondary N) is 3. The zero-order valence-corrected chi connectivity index (χ0v) is 36.1. The van der Waals surface area contributed by atoms with Gasteiger partial charge < -0.3 is 29.7 Å². The van der Waals surface area contributed by atoms with Crippen LogP contribution >= 0.6 is 11.6 Å². The molecule has 2 aromatic carbocycles. The molecule has 21 heteroatoms. The van der Waals surface area contributed by atoms with Crippen LogP contribution in [0, 0.1) is 29.3 Å². The Kier molecular flexibility index (Phi) is 10.9. The number of rotatable bonds is 8. The largest absolute Gasteiger partial charge is 0.480 e. The van der Waals surface area contributed by atoms with E-state index in [1.165, 1.54) is 37.1 Å². The summed E-state index contributed by atoms with van der Waals surface area (Å²) in [5.74, 6) is -8.42. The highest BCUT2D eigenvalue weighted by Crippen LogP contribution is 2.46. The number of carbonyl (C=O) groups is 2. The fourth-order valence-electron chi connectivity index (χ4n) is 10.1. The number of benzene rings is 2. The lowest BCUT2D eigenvalue weighted by Crippen LogP contribution is -2.47. The number of halogens is 7. The van der Waals surface area contributed by atoms with Crippen LogP contribution in [-0.4, -0.2) is 98.5 Å². The maximum atomic E-state index is 16.2. The average molecular weight is 927 g/mol. The summed E-state index contributed by atoms with van der Waals surface area (Å²) in [4.78, 5) is 50.1. The lowest BCUT2D eigenvalue weighted by Gasteiger charge is -2.39. The first-order chi connectivity index (χ1) is 31.1. The van der Waals surface area contributed by atoms with Crippen molar-refractivity contribution < 1.29 is 40.7 Å². The number of piperidine rings is 3. The van der Waals surface area contributed by atoms with E-state index >= 15 is 26.3 Å². The monoisotopic (exact) mass is 926 g/mol. The second kappa shape index (κ2) is 16.4. The van der Waals surface area contributed by atoms with Crippen LogP contribution in [0.1, 0.15) is 68.0 Å². The number of amides is 2. The third kappa shape index (κ3) is 7.78. The molecule has 7 heterocycles. The second-order valence-corrected chi connectivity index (χ2v) is 18.4. The molecule has 4 fully saturated rings. The van der Waals surface area contributed by atoms with E-state index in [-0.39, 0.29) is 98.2 Å². The summed E-state index contributed by atoms with van der Waals surface area (Å²) < 4.78 is 102. The number of hydrogen-bond donors (Lipinski definition) is 3. The molecule has 4 atom stereocenters. The average Bonchev–Trinajstić information content (AvgIpc) is 4.07. The van der Waals surface area contributed by atoms with Crippen LogP contribution in [0.3, 0.4) is 0 Å². The van der Waals surface area contributed by atoms with Crippen LogP contribution in [0.15, 0.2) is 29.2 Å². The molecule has 5 aromatic rings. The van der Waals surface area contributed by atoms with Gasteiger partial charge >= 0.3 is 5.92 Å². The molecule has 4 unspecified atom stereocenters. The van der Waals surface area contributed by atoms with Gasteiger partial charge in [-0.05, 0) is 75.6 Å². The lowest BCUT2D eigenvalue weighted by atomic mass is 9.86. The number of anilines is 4. The molecule has 3 N–H and O–H groups in total. The van der Waals surface area contributed by atoms with Gasteiger partial charge in [-0.2, -0.15) is 10.1 Å². The summed E-state index contributed by atoms with van der Waals surface area (Å²) in [5, 5.41) is 12.9. The maximum Gasteiger partial charge on any atom is 0.301 e. The number of carbonyl (C=O) groups excluding carboxylic acids is 2. The molecule has 1 aliphatic carbocycles. The molecule has 2 amide bonds. The number of aromatic nitrogens is 5. The van der Waals surface area contributed by atoms with Gasteiger partial charge in [-0.3, -0.25) is 24.4 Å². The van der Waals surface area contributed by atoms with Crippen molar-refractivity contribution in [2.24, 2.45) is 25.9 Å². The van der Waals surface area contributed by atoms with E-state index in [2.05, 4.69) is 35.9 Å². The Morgan fingerprint density at radius 3 is 2.46 bits per heavy atom. The zero-order chi connectivity index (χ0) is 45.6. The van der Waals surface area contributed by atoms with Gasteiger partial charge in [0.15, 0.2) is 18.2 Å². The van der Waals surface area contributed by atoms with Gasteiger partial charge in [0.1, 0.15) is 28.3 Å². The molecule has 344 valence electrons. The van der Waals surface area contributed by atoms with Crippen molar-refractivity contribution in [1.82, 2.24) is 34.5 Å². The highest BCUT2D eigenvalue weighted by atomic mass is 35.5. The lowest BCUT2D eigenvalue weighted by molar-refractivity contribution is -0.134. The number of nitrogens with zero attached hydrogens (tertiary/aromatic N) is 7. The summed E-state index contributed by atoms with van der Waals surface area (Å²) in [6.07, 6.45) is 2.87. The van der Waals surface area contributed by atoms with Crippen LogP contribution in [-0.2, 0) is 23.7 Å². The first-order valence-electron chi connectivity index (χ1n) is 21.8. The summed E-state index contributed by atoms with van der Waals surface area (Å²) in [7, 11) is 2.94. The Labute approximate surface area is 372 Å². The number of hydrogen-bond acceptors (Lipinski definition) is 11. The van der Waals surface area contributed by atoms with Gasteiger partial charge in [0.05, 0.1) is 47.3 Å². The van der Waals surface area contributed by atoms with Gasteiger partial charge in [0, 0.05) is 61.9 Å². The molecule has 65 heavy (non-hydrogen) atoms. The van der Waals surface area contributed by atoms with Crippen LogP contribution in [0.5, 0.6) is 5.75 Å². The normalized spacial score (nSPS) is 24.1. The number of aryl methyl sites for hydroxylation is 2. The fraction of sp³-hybridized carbons (Fsp3) is 0.500. The van der Waals surface area contributed by atoms with Gasteiger partial charge in [0.25, 0.3) is 5.56 Å². The van der Waals surface area contributed by atoms with Crippen LogP contribution in [0.2, 0.25) is 5.02 Å². The number of fused-ring (bicyclic) bond motifs is 4. The van der Waals surface area contributed by atoms with Crippen molar-refractivity contribution in [1.29, 1.82) is 0 Å². The quantitative estimate of drug-likeness (QED) is 0.111. The van der Waals surface area contributed by atoms with Crippen molar-refractivity contribution in [2.75, 3.05) is 54.9 Å². The Morgan fingerprint density at radius 1 is 0.969 bits per heavy atom. The van der Waals surface area contributed by atoms with E-state index in [1.54, 1.807) is 4.90 Å².